The van der Waals surface area contributed by atoms with E-state index in [0.29, 0.717) is 17.1 Å². The lowest BCUT2D eigenvalue weighted by molar-refractivity contribution is 0.112. The molecule has 0 aromatic heterocycles. The molecule has 3 nitrogen and oxygen atoms in total. The molecule has 0 spiro atoms. The lowest BCUT2D eigenvalue weighted by atomic mass is 10.1. The maximum Gasteiger partial charge on any atom is 0.169 e. The van der Waals surface area contributed by atoms with Crippen LogP contribution in [-0.2, 0) is 6.42 Å². The van der Waals surface area contributed by atoms with E-state index >= 15 is 0 Å². The van der Waals surface area contributed by atoms with Gasteiger partial charge in [0, 0.05) is 5.56 Å². The summed E-state index contributed by atoms with van der Waals surface area (Å²) in [7, 11) is 1.63. The molecule has 0 N–H and O–H groups in total. The van der Waals surface area contributed by atoms with Crippen LogP contribution >= 0.6 is 0 Å². The molecule has 0 aliphatic carbocycles. The molecule has 20 heavy (non-hydrogen) atoms. The van der Waals surface area contributed by atoms with E-state index < -0.39 is 0 Å². The first-order valence-electron chi connectivity index (χ1n) is 6.58. The first-order chi connectivity index (χ1) is 9.67. The van der Waals surface area contributed by atoms with Crippen LogP contribution in [0.5, 0.6) is 17.2 Å². The van der Waals surface area contributed by atoms with E-state index in [1.54, 1.807) is 25.3 Å². The van der Waals surface area contributed by atoms with Gasteiger partial charge in [-0.1, -0.05) is 13.0 Å². The fourth-order valence-corrected chi connectivity index (χ4v) is 2.00. The predicted molar refractivity (Wildman–Crippen MR) is 79.0 cm³/mol. The van der Waals surface area contributed by atoms with E-state index in [1.165, 1.54) is 5.56 Å². The lowest BCUT2D eigenvalue weighted by Crippen LogP contribution is -1.94. The van der Waals surface area contributed by atoms with Gasteiger partial charge in [0.25, 0.3) is 0 Å². The molecular formula is C17H18O3. The highest BCUT2D eigenvalue weighted by atomic mass is 16.5. The van der Waals surface area contributed by atoms with Crippen LogP contribution in [0.2, 0.25) is 0 Å². The molecule has 0 aliphatic rings. The number of rotatable bonds is 5. The Bertz CT molecular complexity index is 618. The average molecular weight is 270 g/mol. The summed E-state index contributed by atoms with van der Waals surface area (Å²) in [5.74, 6) is 2.10. The van der Waals surface area contributed by atoms with Crippen molar-refractivity contribution in [2.45, 2.75) is 20.3 Å². The maximum absolute atomic E-state index is 10.7. The topological polar surface area (TPSA) is 35.5 Å². The van der Waals surface area contributed by atoms with Gasteiger partial charge >= 0.3 is 0 Å². The van der Waals surface area contributed by atoms with Gasteiger partial charge in [-0.3, -0.25) is 4.79 Å². The highest BCUT2D eigenvalue weighted by Gasteiger charge is 2.08. The smallest absolute Gasteiger partial charge is 0.169 e. The lowest BCUT2D eigenvalue weighted by Gasteiger charge is -2.13. The highest BCUT2D eigenvalue weighted by molar-refractivity contribution is 5.75. The summed E-state index contributed by atoms with van der Waals surface area (Å²) < 4.78 is 11.3. The van der Waals surface area contributed by atoms with Crippen molar-refractivity contribution in [1.82, 2.24) is 0 Å². The van der Waals surface area contributed by atoms with Crippen LogP contribution in [0.3, 0.4) is 0 Å². The largest absolute Gasteiger partial charge is 0.493 e. The number of aryl methyl sites for hydroxylation is 2. The third-order valence-electron chi connectivity index (χ3n) is 3.19. The molecule has 0 unspecified atom stereocenters. The van der Waals surface area contributed by atoms with Crippen LogP contribution in [0.4, 0.5) is 0 Å². The zero-order chi connectivity index (χ0) is 14.5. The zero-order valence-electron chi connectivity index (χ0n) is 12.0. The van der Waals surface area contributed by atoms with Crippen molar-refractivity contribution in [1.29, 1.82) is 0 Å². The van der Waals surface area contributed by atoms with Crippen LogP contribution < -0.4 is 9.47 Å². The van der Waals surface area contributed by atoms with Gasteiger partial charge in [-0.15, -0.1) is 0 Å². The van der Waals surface area contributed by atoms with Crippen molar-refractivity contribution in [3.63, 3.8) is 0 Å². The van der Waals surface area contributed by atoms with Gasteiger partial charge in [0.15, 0.2) is 11.5 Å². The van der Waals surface area contributed by atoms with Gasteiger partial charge in [-0.05, 0) is 54.8 Å². The van der Waals surface area contributed by atoms with Gasteiger partial charge in [0.1, 0.15) is 12.0 Å². The number of aldehydes is 1. The standard InChI is InChI=1S/C17H18O3/c1-4-13-5-8-16(17(10-13)19-3)20-15-7-6-14(11-18)9-12(15)2/h5-11H,4H2,1-3H3. The Morgan fingerprint density at radius 2 is 1.80 bits per heavy atom. The first kappa shape index (κ1) is 14.1. The molecular weight excluding hydrogens is 252 g/mol. The monoisotopic (exact) mass is 270 g/mol. The number of carbonyl (C=O) groups is 1. The van der Waals surface area contributed by atoms with Crippen LogP contribution in [0, 0.1) is 6.92 Å². The second-order valence-electron chi connectivity index (χ2n) is 4.58. The summed E-state index contributed by atoms with van der Waals surface area (Å²) in [6.07, 6.45) is 1.77. The fourth-order valence-electron chi connectivity index (χ4n) is 2.00. The Balaban J connectivity index is 2.32. The zero-order valence-corrected chi connectivity index (χ0v) is 12.0. The number of hydrogen-bond acceptors (Lipinski definition) is 3. The second kappa shape index (κ2) is 6.24. The van der Waals surface area contributed by atoms with E-state index in [4.69, 9.17) is 9.47 Å². The van der Waals surface area contributed by atoms with Crippen LogP contribution in [0.25, 0.3) is 0 Å². The van der Waals surface area contributed by atoms with E-state index in [2.05, 4.69) is 6.92 Å². The number of hydrogen-bond donors (Lipinski definition) is 0. The highest BCUT2D eigenvalue weighted by Crippen LogP contribution is 2.33. The summed E-state index contributed by atoms with van der Waals surface area (Å²) in [4.78, 5) is 10.7. The van der Waals surface area contributed by atoms with Crippen molar-refractivity contribution in [2.24, 2.45) is 0 Å². The molecule has 2 rings (SSSR count). The Morgan fingerprint density at radius 3 is 2.40 bits per heavy atom. The van der Waals surface area contributed by atoms with E-state index in [1.807, 2.05) is 25.1 Å². The number of benzene rings is 2. The molecule has 0 amide bonds. The molecule has 0 saturated heterocycles. The molecule has 104 valence electrons. The minimum Gasteiger partial charge on any atom is -0.493 e. The van der Waals surface area contributed by atoms with E-state index in [-0.39, 0.29) is 0 Å². The Hall–Kier alpha value is -2.29. The third kappa shape index (κ3) is 2.99. The van der Waals surface area contributed by atoms with Crippen molar-refractivity contribution < 1.29 is 14.3 Å². The molecule has 2 aromatic rings. The van der Waals surface area contributed by atoms with Crippen molar-refractivity contribution >= 4 is 6.29 Å². The summed E-state index contributed by atoms with van der Waals surface area (Å²) in [6.45, 7) is 4.01. The SMILES string of the molecule is CCc1ccc(Oc2ccc(C=O)cc2C)c(OC)c1. The Morgan fingerprint density at radius 1 is 1.05 bits per heavy atom. The minimum absolute atomic E-state index is 0.642. The molecule has 0 heterocycles. The molecule has 0 radical (unpaired) electrons. The molecule has 0 fully saturated rings. The molecule has 0 aliphatic heterocycles. The van der Waals surface area contributed by atoms with Crippen molar-refractivity contribution in [2.75, 3.05) is 7.11 Å². The third-order valence-corrected chi connectivity index (χ3v) is 3.19. The quantitative estimate of drug-likeness (QED) is 0.765. The molecule has 0 atom stereocenters. The van der Waals surface area contributed by atoms with Crippen LogP contribution in [-0.4, -0.2) is 13.4 Å². The van der Waals surface area contributed by atoms with Gasteiger partial charge in [0.2, 0.25) is 0 Å². The Labute approximate surface area is 119 Å². The maximum atomic E-state index is 10.7. The second-order valence-corrected chi connectivity index (χ2v) is 4.58. The fraction of sp³-hybridized carbons (Fsp3) is 0.235. The summed E-state index contributed by atoms with van der Waals surface area (Å²) >= 11 is 0. The first-order valence-corrected chi connectivity index (χ1v) is 6.58. The number of methoxy groups -OCH3 is 1. The molecule has 2 aromatic carbocycles. The molecule has 3 heteroatoms. The number of carbonyl (C=O) groups excluding carboxylic acids is 1. The van der Waals surface area contributed by atoms with Gasteiger partial charge in [0.05, 0.1) is 7.11 Å². The molecule has 0 saturated carbocycles. The average Bonchev–Trinajstić information content (AvgIpc) is 2.49. The number of ether oxygens (including phenoxy) is 2. The van der Waals surface area contributed by atoms with Crippen LogP contribution in [0.1, 0.15) is 28.4 Å². The van der Waals surface area contributed by atoms with Gasteiger partial charge in [-0.25, -0.2) is 0 Å². The van der Waals surface area contributed by atoms with Crippen LogP contribution in [0.15, 0.2) is 36.4 Å². The Kier molecular flexibility index (Phi) is 4.41. The van der Waals surface area contributed by atoms with Crippen molar-refractivity contribution in [3.8, 4) is 17.2 Å². The summed E-state index contributed by atoms with van der Waals surface area (Å²) in [6, 6.07) is 11.2. The summed E-state index contributed by atoms with van der Waals surface area (Å²) in [5, 5.41) is 0. The normalized spacial score (nSPS) is 10.2. The predicted octanol–water partition coefficient (Wildman–Crippen LogP) is 4.17. The van der Waals surface area contributed by atoms with Gasteiger partial charge < -0.3 is 9.47 Å². The summed E-state index contributed by atoms with van der Waals surface area (Å²) in [5.41, 5.74) is 2.75. The van der Waals surface area contributed by atoms with Gasteiger partial charge in [-0.2, -0.15) is 0 Å². The van der Waals surface area contributed by atoms with E-state index in [0.717, 1.165) is 24.0 Å². The molecule has 0 bridgehead atoms. The van der Waals surface area contributed by atoms with E-state index in [9.17, 15) is 4.79 Å². The minimum atomic E-state index is 0.642. The van der Waals surface area contributed by atoms with Crippen molar-refractivity contribution in [3.05, 3.63) is 53.1 Å².